The molecule has 1 aliphatic carbocycles. The maximum Gasteiger partial charge on any atom is 0.120 e. The molecule has 1 aliphatic rings. The van der Waals surface area contributed by atoms with Crippen molar-refractivity contribution in [3.05, 3.63) is 29.6 Å². The molecule has 0 radical (unpaired) electrons. The lowest BCUT2D eigenvalue weighted by Crippen LogP contribution is -2.14. The Labute approximate surface area is 123 Å². The van der Waals surface area contributed by atoms with Crippen molar-refractivity contribution in [2.45, 2.75) is 70.6 Å². The van der Waals surface area contributed by atoms with Gasteiger partial charge < -0.3 is 4.79 Å². The predicted octanol–water partition coefficient (Wildman–Crippen LogP) is 4.68. The number of rotatable bonds is 7. The van der Waals surface area contributed by atoms with Gasteiger partial charge in [0.05, 0.1) is 0 Å². The van der Waals surface area contributed by atoms with Crippen LogP contribution in [0.1, 0.15) is 75.5 Å². The van der Waals surface area contributed by atoms with E-state index in [2.05, 4.69) is 24.0 Å². The van der Waals surface area contributed by atoms with Crippen LogP contribution in [0.5, 0.6) is 0 Å². The zero-order valence-electron chi connectivity index (χ0n) is 12.7. The van der Waals surface area contributed by atoms with Crippen molar-refractivity contribution in [1.29, 1.82) is 0 Å². The molecule has 110 valence electrons. The van der Waals surface area contributed by atoms with Crippen molar-refractivity contribution >= 4 is 6.29 Å². The van der Waals surface area contributed by atoms with Gasteiger partial charge in [-0.15, -0.1) is 0 Å². The lowest BCUT2D eigenvalue weighted by Gasteiger charge is -2.28. The van der Waals surface area contributed by atoms with E-state index in [1.54, 1.807) is 0 Å². The lowest BCUT2D eigenvalue weighted by molar-refractivity contribution is -0.107. The third-order valence-corrected chi connectivity index (χ3v) is 4.60. The molecular formula is C18H27NO. The van der Waals surface area contributed by atoms with E-state index in [1.807, 2.05) is 6.20 Å². The monoisotopic (exact) mass is 273 g/mol. The summed E-state index contributed by atoms with van der Waals surface area (Å²) in [5.41, 5.74) is 2.54. The van der Waals surface area contributed by atoms with Gasteiger partial charge in [-0.05, 0) is 56.1 Å². The topological polar surface area (TPSA) is 30.0 Å². The Kier molecular flexibility index (Phi) is 6.23. The van der Waals surface area contributed by atoms with Crippen molar-refractivity contribution in [2.75, 3.05) is 0 Å². The molecule has 1 saturated carbocycles. The summed E-state index contributed by atoms with van der Waals surface area (Å²) >= 11 is 0. The van der Waals surface area contributed by atoms with Gasteiger partial charge >= 0.3 is 0 Å². The highest BCUT2D eigenvalue weighted by atomic mass is 16.1. The maximum absolute atomic E-state index is 10.3. The summed E-state index contributed by atoms with van der Waals surface area (Å²) < 4.78 is 0. The summed E-state index contributed by atoms with van der Waals surface area (Å²) in [7, 11) is 0. The van der Waals surface area contributed by atoms with Gasteiger partial charge in [0.15, 0.2) is 0 Å². The van der Waals surface area contributed by atoms with Gasteiger partial charge in [-0.2, -0.15) is 0 Å². The van der Waals surface area contributed by atoms with E-state index < -0.39 is 0 Å². The first-order chi connectivity index (χ1) is 9.83. The number of unbranched alkanes of at least 4 members (excludes halogenated alkanes) is 1. The molecule has 0 spiro atoms. The zero-order valence-corrected chi connectivity index (χ0v) is 12.7. The SMILES string of the molecule is CCC[C@H]1CC[C@H](c2ccc(CCCC=O)cn2)CC1. The molecule has 2 heteroatoms. The minimum Gasteiger partial charge on any atom is -0.303 e. The second-order valence-corrected chi connectivity index (χ2v) is 6.16. The smallest absolute Gasteiger partial charge is 0.120 e. The van der Waals surface area contributed by atoms with Crippen molar-refractivity contribution in [1.82, 2.24) is 4.98 Å². The van der Waals surface area contributed by atoms with Crippen LogP contribution in [0.15, 0.2) is 18.3 Å². The Bertz CT molecular complexity index is 390. The highest BCUT2D eigenvalue weighted by Crippen LogP contribution is 2.36. The van der Waals surface area contributed by atoms with Crippen LogP contribution in [0.3, 0.4) is 0 Å². The van der Waals surface area contributed by atoms with Crippen LogP contribution < -0.4 is 0 Å². The predicted molar refractivity (Wildman–Crippen MR) is 82.8 cm³/mol. The summed E-state index contributed by atoms with van der Waals surface area (Å²) in [6, 6.07) is 4.41. The number of aromatic nitrogens is 1. The largest absolute Gasteiger partial charge is 0.303 e. The lowest BCUT2D eigenvalue weighted by atomic mass is 9.78. The van der Waals surface area contributed by atoms with Gasteiger partial charge in [-0.1, -0.05) is 25.8 Å². The molecule has 1 aromatic heterocycles. The molecule has 0 N–H and O–H groups in total. The van der Waals surface area contributed by atoms with E-state index >= 15 is 0 Å². The molecule has 0 unspecified atom stereocenters. The summed E-state index contributed by atoms with van der Waals surface area (Å²) in [5, 5.41) is 0. The van der Waals surface area contributed by atoms with Gasteiger partial charge in [-0.3, -0.25) is 4.98 Å². The molecular weight excluding hydrogens is 246 g/mol. The molecule has 2 rings (SSSR count). The van der Waals surface area contributed by atoms with Gasteiger partial charge in [0.2, 0.25) is 0 Å². The first-order valence-electron chi connectivity index (χ1n) is 8.22. The third-order valence-electron chi connectivity index (χ3n) is 4.60. The van der Waals surface area contributed by atoms with Gasteiger partial charge in [-0.25, -0.2) is 0 Å². The highest BCUT2D eigenvalue weighted by Gasteiger charge is 2.22. The number of carbonyl (C=O) groups is 1. The average Bonchev–Trinajstić information content (AvgIpc) is 2.49. The fourth-order valence-electron chi connectivity index (χ4n) is 3.37. The van der Waals surface area contributed by atoms with Crippen LogP contribution in [-0.4, -0.2) is 11.3 Å². The second kappa shape index (κ2) is 8.18. The van der Waals surface area contributed by atoms with E-state index in [0.717, 1.165) is 25.0 Å². The van der Waals surface area contributed by atoms with Crippen molar-refractivity contribution in [2.24, 2.45) is 5.92 Å². The number of hydrogen-bond acceptors (Lipinski definition) is 2. The minimum atomic E-state index is 0.656. The maximum atomic E-state index is 10.3. The van der Waals surface area contributed by atoms with E-state index in [1.165, 1.54) is 49.8 Å². The number of carbonyl (C=O) groups excluding carboxylic acids is 1. The fourth-order valence-corrected chi connectivity index (χ4v) is 3.37. The quantitative estimate of drug-likeness (QED) is 0.533. The average molecular weight is 273 g/mol. The number of aryl methyl sites for hydroxylation is 1. The summed E-state index contributed by atoms with van der Waals surface area (Å²) in [5.74, 6) is 1.63. The summed E-state index contributed by atoms with van der Waals surface area (Å²) in [6.45, 7) is 2.29. The molecule has 0 amide bonds. The Morgan fingerprint density at radius 2 is 2.05 bits per heavy atom. The van der Waals surface area contributed by atoms with Crippen molar-refractivity contribution in [3.63, 3.8) is 0 Å². The Morgan fingerprint density at radius 1 is 1.25 bits per heavy atom. The number of nitrogens with zero attached hydrogens (tertiary/aromatic N) is 1. The normalized spacial score (nSPS) is 22.6. The molecule has 2 nitrogen and oxygen atoms in total. The van der Waals surface area contributed by atoms with Gasteiger partial charge in [0.1, 0.15) is 6.29 Å². The first kappa shape index (κ1) is 15.2. The van der Waals surface area contributed by atoms with E-state index in [4.69, 9.17) is 0 Å². The number of pyridine rings is 1. The van der Waals surface area contributed by atoms with E-state index in [-0.39, 0.29) is 0 Å². The zero-order chi connectivity index (χ0) is 14.2. The Balaban J connectivity index is 1.83. The van der Waals surface area contributed by atoms with Gasteiger partial charge in [0.25, 0.3) is 0 Å². The van der Waals surface area contributed by atoms with Crippen LogP contribution in [0.4, 0.5) is 0 Å². The van der Waals surface area contributed by atoms with Crippen molar-refractivity contribution in [3.8, 4) is 0 Å². The molecule has 0 saturated heterocycles. The Hall–Kier alpha value is -1.18. The molecule has 1 fully saturated rings. The highest BCUT2D eigenvalue weighted by molar-refractivity contribution is 5.49. The van der Waals surface area contributed by atoms with Crippen LogP contribution in [0.25, 0.3) is 0 Å². The molecule has 1 aromatic rings. The molecule has 0 aromatic carbocycles. The summed E-state index contributed by atoms with van der Waals surface area (Å²) in [6.07, 6.45) is 13.7. The van der Waals surface area contributed by atoms with E-state index in [9.17, 15) is 4.79 Å². The van der Waals surface area contributed by atoms with E-state index in [0.29, 0.717) is 12.3 Å². The minimum absolute atomic E-state index is 0.656. The molecule has 1 heterocycles. The van der Waals surface area contributed by atoms with Crippen LogP contribution in [0, 0.1) is 5.92 Å². The molecule has 20 heavy (non-hydrogen) atoms. The van der Waals surface area contributed by atoms with Crippen LogP contribution in [-0.2, 0) is 11.2 Å². The number of hydrogen-bond donors (Lipinski definition) is 0. The molecule has 0 atom stereocenters. The third kappa shape index (κ3) is 4.43. The molecule has 0 aliphatic heterocycles. The second-order valence-electron chi connectivity index (χ2n) is 6.16. The number of aldehydes is 1. The van der Waals surface area contributed by atoms with Gasteiger partial charge in [0, 0.05) is 24.2 Å². The van der Waals surface area contributed by atoms with Crippen LogP contribution >= 0.6 is 0 Å². The first-order valence-corrected chi connectivity index (χ1v) is 8.22. The Morgan fingerprint density at radius 3 is 2.65 bits per heavy atom. The standard InChI is InChI=1S/C18H27NO/c1-2-5-15-7-10-17(11-8-15)18-12-9-16(14-19-18)6-3-4-13-20/h9,12-15,17H,2-8,10-11H2,1H3/t15-,17-. The fraction of sp³-hybridized carbons (Fsp3) is 0.667. The van der Waals surface area contributed by atoms with Crippen LogP contribution in [0.2, 0.25) is 0 Å². The summed E-state index contributed by atoms with van der Waals surface area (Å²) in [4.78, 5) is 15.0. The van der Waals surface area contributed by atoms with Crippen molar-refractivity contribution < 1.29 is 4.79 Å². The molecule has 0 bridgehead atoms.